The number of carbonyl (C=O) groups excluding carboxylic acids is 1. The first-order valence-electron chi connectivity index (χ1n) is 7.20. The number of carbonyl (C=O) groups is 1. The highest BCUT2D eigenvalue weighted by Crippen LogP contribution is 2.24. The summed E-state index contributed by atoms with van der Waals surface area (Å²) < 4.78 is 10.8. The third kappa shape index (κ3) is 3.97. The van der Waals surface area contributed by atoms with Crippen molar-refractivity contribution in [2.75, 3.05) is 13.2 Å². The molecule has 1 saturated heterocycles. The molecule has 0 spiro atoms. The monoisotopic (exact) mass is 277 g/mol. The van der Waals surface area contributed by atoms with Gasteiger partial charge in [0, 0.05) is 18.5 Å². The lowest BCUT2D eigenvalue weighted by molar-refractivity contribution is -0.143. The van der Waals surface area contributed by atoms with Gasteiger partial charge < -0.3 is 14.8 Å². The normalized spacial score (nSPS) is 18.4. The Balaban J connectivity index is 2.04. The predicted molar refractivity (Wildman–Crippen MR) is 77.7 cm³/mol. The van der Waals surface area contributed by atoms with Gasteiger partial charge in [-0.1, -0.05) is 31.5 Å². The summed E-state index contributed by atoms with van der Waals surface area (Å²) >= 11 is 0. The second-order valence-electron chi connectivity index (χ2n) is 5.70. The van der Waals surface area contributed by atoms with E-state index in [0.717, 1.165) is 24.4 Å². The summed E-state index contributed by atoms with van der Waals surface area (Å²) in [5.41, 5.74) is 2.28. The number of ether oxygens (including phenoxy) is 2. The van der Waals surface area contributed by atoms with Crippen molar-refractivity contribution in [3.63, 3.8) is 0 Å². The molecule has 1 unspecified atom stereocenters. The van der Waals surface area contributed by atoms with Crippen LogP contribution in [0.5, 0.6) is 5.75 Å². The molecule has 4 heteroatoms. The van der Waals surface area contributed by atoms with Crippen molar-refractivity contribution in [2.24, 2.45) is 5.92 Å². The SMILES string of the molecule is Cc1ccc(OC2CCOC2=O)c(CNCC(C)C)c1. The van der Waals surface area contributed by atoms with E-state index in [1.807, 2.05) is 12.1 Å². The molecule has 0 saturated carbocycles. The molecule has 0 bridgehead atoms. The molecular formula is C16H23NO3. The number of benzene rings is 1. The summed E-state index contributed by atoms with van der Waals surface area (Å²) in [6.07, 6.45) is 0.174. The van der Waals surface area contributed by atoms with Crippen LogP contribution in [0.4, 0.5) is 0 Å². The molecule has 1 N–H and O–H groups in total. The van der Waals surface area contributed by atoms with E-state index in [2.05, 4.69) is 32.2 Å². The Kier molecular flexibility index (Phi) is 5.01. The van der Waals surface area contributed by atoms with E-state index in [-0.39, 0.29) is 5.97 Å². The topological polar surface area (TPSA) is 47.6 Å². The van der Waals surface area contributed by atoms with Gasteiger partial charge in [-0.3, -0.25) is 0 Å². The predicted octanol–water partition coefficient (Wildman–Crippen LogP) is 2.43. The molecule has 0 aromatic heterocycles. The van der Waals surface area contributed by atoms with Crippen LogP contribution in [-0.2, 0) is 16.1 Å². The van der Waals surface area contributed by atoms with Crippen molar-refractivity contribution >= 4 is 5.97 Å². The van der Waals surface area contributed by atoms with Crippen molar-refractivity contribution in [3.8, 4) is 5.75 Å². The fourth-order valence-corrected chi connectivity index (χ4v) is 2.19. The van der Waals surface area contributed by atoms with Crippen LogP contribution in [0, 0.1) is 12.8 Å². The number of hydrogen-bond acceptors (Lipinski definition) is 4. The molecule has 0 amide bonds. The zero-order valence-corrected chi connectivity index (χ0v) is 12.4. The Bertz CT molecular complexity index is 471. The Labute approximate surface area is 120 Å². The smallest absolute Gasteiger partial charge is 0.347 e. The van der Waals surface area contributed by atoms with Crippen LogP contribution in [0.2, 0.25) is 0 Å². The maximum atomic E-state index is 11.5. The van der Waals surface area contributed by atoms with Gasteiger partial charge in [0.2, 0.25) is 0 Å². The summed E-state index contributed by atoms with van der Waals surface area (Å²) in [5, 5.41) is 3.41. The highest BCUT2D eigenvalue weighted by atomic mass is 16.6. The Morgan fingerprint density at radius 1 is 1.45 bits per heavy atom. The summed E-state index contributed by atoms with van der Waals surface area (Å²) in [4.78, 5) is 11.5. The van der Waals surface area contributed by atoms with E-state index in [4.69, 9.17) is 9.47 Å². The Hall–Kier alpha value is -1.55. The van der Waals surface area contributed by atoms with Crippen LogP contribution in [0.1, 0.15) is 31.4 Å². The third-order valence-electron chi connectivity index (χ3n) is 3.24. The zero-order valence-electron chi connectivity index (χ0n) is 12.4. The fraction of sp³-hybridized carbons (Fsp3) is 0.562. The first kappa shape index (κ1) is 14.9. The Morgan fingerprint density at radius 2 is 2.25 bits per heavy atom. The minimum absolute atomic E-state index is 0.258. The van der Waals surface area contributed by atoms with Gasteiger partial charge in [-0.2, -0.15) is 0 Å². The first-order chi connectivity index (χ1) is 9.56. The van der Waals surface area contributed by atoms with Crippen LogP contribution >= 0.6 is 0 Å². The van der Waals surface area contributed by atoms with Gasteiger partial charge in [-0.05, 0) is 25.5 Å². The summed E-state index contributed by atoms with van der Waals surface area (Å²) in [6, 6.07) is 6.04. The van der Waals surface area contributed by atoms with Gasteiger partial charge in [-0.15, -0.1) is 0 Å². The molecular weight excluding hydrogens is 254 g/mol. The molecule has 20 heavy (non-hydrogen) atoms. The van der Waals surface area contributed by atoms with E-state index in [1.165, 1.54) is 5.56 Å². The molecule has 1 aliphatic rings. The molecule has 0 aliphatic carbocycles. The summed E-state index contributed by atoms with van der Waals surface area (Å²) in [5.74, 6) is 1.12. The maximum Gasteiger partial charge on any atom is 0.347 e. The molecule has 1 atom stereocenters. The molecule has 1 fully saturated rings. The molecule has 0 radical (unpaired) electrons. The highest BCUT2D eigenvalue weighted by Gasteiger charge is 2.28. The number of nitrogens with one attached hydrogen (secondary N) is 1. The number of esters is 1. The average Bonchev–Trinajstić information content (AvgIpc) is 2.78. The van der Waals surface area contributed by atoms with Gasteiger partial charge in [0.1, 0.15) is 5.75 Å². The number of cyclic esters (lactones) is 1. The lowest BCUT2D eigenvalue weighted by Crippen LogP contribution is -2.24. The lowest BCUT2D eigenvalue weighted by Gasteiger charge is -2.16. The van der Waals surface area contributed by atoms with E-state index in [9.17, 15) is 4.79 Å². The van der Waals surface area contributed by atoms with E-state index >= 15 is 0 Å². The Morgan fingerprint density at radius 3 is 2.90 bits per heavy atom. The number of aryl methyl sites for hydroxylation is 1. The molecule has 1 heterocycles. The van der Waals surface area contributed by atoms with Gasteiger partial charge in [-0.25, -0.2) is 4.79 Å². The van der Waals surface area contributed by atoms with Crippen LogP contribution in [0.3, 0.4) is 0 Å². The second kappa shape index (κ2) is 6.75. The van der Waals surface area contributed by atoms with Crippen LogP contribution < -0.4 is 10.1 Å². The van der Waals surface area contributed by atoms with E-state index in [1.54, 1.807) is 0 Å². The minimum Gasteiger partial charge on any atom is -0.478 e. The highest BCUT2D eigenvalue weighted by molar-refractivity contribution is 5.76. The standard InChI is InChI=1S/C16H23NO3/c1-11(2)9-17-10-13-8-12(3)4-5-14(13)20-15-6-7-19-16(15)18/h4-5,8,11,15,17H,6-7,9-10H2,1-3H3. The van der Waals surface area contributed by atoms with Crippen molar-refractivity contribution < 1.29 is 14.3 Å². The van der Waals surface area contributed by atoms with Gasteiger partial charge >= 0.3 is 5.97 Å². The average molecular weight is 277 g/mol. The largest absolute Gasteiger partial charge is 0.478 e. The van der Waals surface area contributed by atoms with Crippen molar-refractivity contribution in [3.05, 3.63) is 29.3 Å². The summed E-state index contributed by atoms with van der Waals surface area (Å²) in [7, 11) is 0. The van der Waals surface area contributed by atoms with E-state index < -0.39 is 6.10 Å². The maximum absolute atomic E-state index is 11.5. The fourth-order valence-electron chi connectivity index (χ4n) is 2.19. The third-order valence-corrected chi connectivity index (χ3v) is 3.24. The second-order valence-corrected chi connectivity index (χ2v) is 5.70. The molecule has 2 rings (SSSR count). The lowest BCUT2D eigenvalue weighted by atomic mass is 10.1. The van der Waals surface area contributed by atoms with Crippen molar-refractivity contribution in [2.45, 2.75) is 39.8 Å². The first-order valence-corrected chi connectivity index (χ1v) is 7.20. The zero-order chi connectivity index (χ0) is 14.5. The van der Waals surface area contributed by atoms with Gasteiger partial charge in [0.15, 0.2) is 6.10 Å². The number of rotatable bonds is 6. The van der Waals surface area contributed by atoms with Crippen molar-refractivity contribution in [1.82, 2.24) is 5.32 Å². The molecule has 1 aliphatic heterocycles. The molecule has 1 aromatic rings. The number of hydrogen-bond donors (Lipinski definition) is 1. The summed E-state index contributed by atoms with van der Waals surface area (Å²) in [6.45, 7) is 8.57. The van der Waals surface area contributed by atoms with E-state index in [0.29, 0.717) is 18.9 Å². The van der Waals surface area contributed by atoms with Gasteiger partial charge in [0.25, 0.3) is 0 Å². The minimum atomic E-state index is -0.457. The quantitative estimate of drug-likeness (QED) is 0.811. The van der Waals surface area contributed by atoms with Crippen molar-refractivity contribution in [1.29, 1.82) is 0 Å². The molecule has 1 aromatic carbocycles. The van der Waals surface area contributed by atoms with Crippen LogP contribution in [-0.4, -0.2) is 25.2 Å². The molecule has 110 valence electrons. The molecule has 4 nitrogen and oxygen atoms in total. The van der Waals surface area contributed by atoms with Crippen LogP contribution in [0.15, 0.2) is 18.2 Å². The van der Waals surface area contributed by atoms with Crippen LogP contribution in [0.25, 0.3) is 0 Å². The van der Waals surface area contributed by atoms with Gasteiger partial charge in [0.05, 0.1) is 6.61 Å².